The van der Waals surface area contributed by atoms with Gasteiger partial charge in [-0.15, -0.1) is 24.8 Å². The normalized spacial score (nSPS) is 16.0. The summed E-state index contributed by atoms with van der Waals surface area (Å²) >= 11 is 2.35. The van der Waals surface area contributed by atoms with Crippen LogP contribution >= 0.6 is 24.8 Å². The topological polar surface area (TPSA) is 3.24 Å². The maximum absolute atomic E-state index is 2.36. The fraction of sp³-hybridized carbons (Fsp3) is 0.765. The average Bonchev–Trinajstić information content (AvgIpc) is 2.69. The van der Waals surface area contributed by atoms with E-state index in [2.05, 4.69) is 60.2 Å². The molecule has 0 saturated heterocycles. The zero-order valence-electron chi connectivity index (χ0n) is 14.3. The van der Waals surface area contributed by atoms with Crippen LogP contribution in [0.15, 0.2) is 20.6 Å². The smallest absolute Gasteiger partial charge is 0.147 e. The van der Waals surface area contributed by atoms with Gasteiger partial charge in [0, 0.05) is 0 Å². The van der Waals surface area contributed by atoms with Crippen LogP contribution in [0, 0.1) is 0 Å². The number of unbranched alkanes of at least 4 members (excludes halogenated alkanes) is 2. The van der Waals surface area contributed by atoms with E-state index in [0.717, 1.165) is 0 Å². The van der Waals surface area contributed by atoms with Gasteiger partial charge in [-0.25, -0.2) is 0 Å². The molecule has 1 atom stereocenters. The molecule has 0 aromatic carbocycles. The molecule has 1 unspecified atom stereocenters. The fourth-order valence-corrected chi connectivity index (χ4v) is 3.54. The molecular weight excluding hydrogens is 337 g/mol. The van der Waals surface area contributed by atoms with Crippen LogP contribution in [0.5, 0.6) is 0 Å². The van der Waals surface area contributed by atoms with E-state index in [1.165, 1.54) is 44.9 Å². The summed E-state index contributed by atoms with van der Waals surface area (Å²) < 4.78 is 1.64. The molecule has 1 rings (SSSR count). The Labute approximate surface area is 156 Å². The van der Waals surface area contributed by atoms with Gasteiger partial charge in [0.2, 0.25) is 0 Å². The van der Waals surface area contributed by atoms with Crippen LogP contribution in [0.2, 0.25) is 0 Å². The molecule has 0 amide bonds. The molecule has 4 heteroatoms. The molecular formula is C17H32Cl2NTi. The average molecular weight is 369 g/mol. The third-order valence-electron chi connectivity index (χ3n) is 4.32. The number of hydrogen-bond donors (Lipinski definition) is 0. The predicted octanol–water partition coefficient (Wildman–Crippen LogP) is 5.66. The summed E-state index contributed by atoms with van der Waals surface area (Å²) in [5, 5.41) is 0. The number of halogens is 2. The predicted molar refractivity (Wildman–Crippen MR) is 95.4 cm³/mol. The van der Waals surface area contributed by atoms with E-state index >= 15 is 0 Å². The second-order valence-corrected chi connectivity index (χ2v) is 6.93. The first-order valence-corrected chi connectivity index (χ1v) is 8.63. The van der Waals surface area contributed by atoms with Crippen LogP contribution in [-0.2, 0) is 20.4 Å². The van der Waals surface area contributed by atoms with Gasteiger partial charge in [-0.2, -0.15) is 0 Å². The molecule has 123 valence electrons. The number of likely N-dealkylation sites (N-methyl/N-ethyl adjacent to an activating group) is 1. The van der Waals surface area contributed by atoms with Crippen LogP contribution in [0.1, 0.15) is 65.7 Å². The van der Waals surface area contributed by atoms with E-state index in [9.17, 15) is 0 Å². The molecule has 0 radical (unpaired) electrons. The van der Waals surface area contributed by atoms with Crippen molar-refractivity contribution in [2.45, 2.75) is 71.8 Å². The van der Waals surface area contributed by atoms with Crippen molar-refractivity contribution >= 4 is 24.8 Å². The second kappa shape index (κ2) is 12.2. The van der Waals surface area contributed by atoms with Crippen LogP contribution < -0.4 is 0 Å². The summed E-state index contributed by atoms with van der Waals surface area (Å²) in [5.41, 5.74) is 5.12. The maximum atomic E-state index is 2.36. The van der Waals surface area contributed by atoms with Crippen LogP contribution in [0.4, 0.5) is 0 Å². The molecule has 1 aliphatic carbocycles. The zero-order chi connectivity index (χ0) is 14.4. The zero-order valence-corrected chi connectivity index (χ0v) is 17.5. The Hall–Kier alpha value is 0.734. The van der Waals surface area contributed by atoms with Crippen molar-refractivity contribution in [3.63, 3.8) is 0 Å². The van der Waals surface area contributed by atoms with Crippen molar-refractivity contribution < 1.29 is 20.4 Å². The van der Waals surface area contributed by atoms with Crippen molar-refractivity contribution in [2.24, 2.45) is 0 Å². The molecule has 1 aliphatic rings. The Morgan fingerprint density at radius 1 is 1.00 bits per heavy atom. The van der Waals surface area contributed by atoms with Gasteiger partial charge in [-0.05, 0) is 0 Å². The molecule has 0 aromatic rings. The standard InChI is InChI=1S/C17H30N.2ClH.Ti/c1-6-8-10-15-12-13-16(14(3)18(4)5)17(15)11-9-7-2;;;/h14H,6-11,13H2,1-5H3;2*1H;. The molecule has 0 aliphatic heterocycles. The first-order valence-electron chi connectivity index (χ1n) is 7.85. The summed E-state index contributed by atoms with van der Waals surface area (Å²) in [5.74, 6) is 0. The summed E-state index contributed by atoms with van der Waals surface area (Å²) in [6.45, 7) is 6.95. The first-order chi connectivity index (χ1) is 9.02. The molecule has 0 bridgehead atoms. The maximum Gasteiger partial charge on any atom is -0.147 e. The van der Waals surface area contributed by atoms with Crippen LogP contribution in [0.25, 0.3) is 0 Å². The summed E-state index contributed by atoms with van der Waals surface area (Å²) in [6, 6.07) is 0.584. The summed E-state index contributed by atoms with van der Waals surface area (Å²) in [7, 11) is 4.41. The minimum Gasteiger partial charge on any atom is -0.147 e. The van der Waals surface area contributed by atoms with Gasteiger partial charge in [-0.3, -0.25) is 0 Å². The minimum atomic E-state index is 0. The number of allylic oxidation sites excluding steroid dienone is 3. The molecule has 21 heavy (non-hydrogen) atoms. The quantitative estimate of drug-likeness (QED) is 0.499. The Morgan fingerprint density at radius 2 is 1.48 bits per heavy atom. The summed E-state index contributed by atoms with van der Waals surface area (Å²) in [6.07, 6.45) is 9.08. The van der Waals surface area contributed by atoms with E-state index in [1.807, 2.05) is 0 Å². The molecule has 0 aromatic heterocycles. The van der Waals surface area contributed by atoms with Crippen molar-refractivity contribution in [3.8, 4) is 0 Å². The van der Waals surface area contributed by atoms with E-state index in [1.54, 1.807) is 20.6 Å². The van der Waals surface area contributed by atoms with Crippen molar-refractivity contribution in [2.75, 3.05) is 14.1 Å². The van der Waals surface area contributed by atoms with Gasteiger partial charge in [0.15, 0.2) is 0 Å². The van der Waals surface area contributed by atoms with Gasteiger partial charge in [0.1, 0.15) is 0 Å². The third kappa shape index (κ3) is 6.79. The van der Waals surface area contributed by atoms with E-state index in [-0.39, 0.29) is 24.8 Å². The Bertz CT molecular complexity index is 362. The summed E-state index contributed by atoms with van der Waals surface area (Å²) in [4.78, 5) is 2.36. The molecule has 0 saturated carbocycles. The van der Waals surface area contributed by atoms with Crippen molar-refractivity contribution in [1.82, 2.24) is 4.90 Å². The molecule has 0 N–H and O–H groups in total. The monoisotopic (exact) mass is 368 g/mol. The third-order valence-corrected chi connectivity index (χ3v) is 5.07. The van der Waals surface area contributed by atoms with Gasteiger partial charge in [0.05, 0.1) is 0 Å². The van der Waals surface area contributed by atoms with Crippen LogP contribution in [0.3, 0.4) is 0 Å². The molecule has 0 fully saturated rings. The van der Waals surface area contributed by atoms with E-state index in [4.69, 9.17) is 0 Å². The second-order valence-electron chi connectivity index (χ2n) is 5.98. The van der Waals surface area contributed by atoms with Gasteiger partial charge in [0.25, 0.3) is 0 Å². The first kappa shape index (κ1) is 24.0. The number of nitrogens with zero attached hydrogens (tertiary/aromatic N) is 1. The Kier molecular flexibility index (Phi) is 13.9. The van der Waals surface area contributed by atoms with E-state index < -0.39 is 0 Å². The molecule has 0 heterocycles. The Morgan fingerprint density at radius 3 is 1.90 bits per heavy atom. The Balaban J connectivity index is 0. The number of hydrogen-bond acceptors (Lipinski definition) is 1. The molecule has 0 spiro atoms. The van der Waals surface area contributed by atoms with Crippen molar-refractivity contribution in [1.29, 1.82) is 0 Å². The van der Waals surface area contributed by atoms with Gasteiger partial charge >= 0.3 is 132 Å². The van der Waals surface area contributed by atoms with Crippen LogP contribution in [-0.4, -0.2) is 25.0 Å². The van der Waals surface area contributed by atoms with Gasteiger partial charge < -0.3 is 0 Å². The fourth-order valence-electron chi connectivity index (χ4n) is 2.81. The SMILES string of the molecule is CCCCC1=[C]([Ti])CC(C(C)N(C)C)=C1CCCC.Cl.Cl. The molecule has 1 nitrogen and oxygen atoms in total. The van der Waals surface area contributed by atoms with E-state index in [0.29, 0.717) is 6.04 Å². The number of rotatable bonds is 8. The minimum absolute atomic E-state index is 0. The largest absolute Gasteiger partial charge is 0.147 e. The van der Waals surface area contributed by atoms with Gasteiger partial charge in [-0.1, -0.05) is 0 Å². The van der Waals surface area contributed by atoms with Crippen molar-refractivity contribution in [3.05, 3.63) is 20.6 Å².